The van der Waals surface area contributed by atoms with E-state index >= 15 is 0 Å². The molecule has 1 rings (SSSR count). The number of nitrogens with zero attached hydrogens (tertiary/aromatic N) is 1. The Morgan fingerprint density at radius 2 is 2.00 bits per heavy atom. The summed E-state index contributed by atoms with van der Waals surface area (Å²) >= 11 is 1.31. The van der Waals surface area contributed by atoms with Gasteiger partial charge in [-0.15, -0.1) is 11.3 Å². The van der Waals surface area contributed by atoms with Gasteiger partial charge in [0, 0.05) is 0 Å². The summed E-state index contributed by atoms with van der Waals surface area (Å²) in [5.41, 5.74) is 0.849. The lowest BCUT2D eigenvalue weighted by molar-refractivity contribution is 0.284. The predicted molar refractivity (Wildman–Crippen MR) is 69.8 cm³/mol. The summed E-state index contributed by atoms with van der Waals surface area (Å²) in [4.78, 5) is 5.12. The number of sulfone groups is 1. The molecule has 1 aromatic heterocycles. The highest BCUT2D eigenvalue weighted by molar-refractivity contribution is 7.90. The molecule has 1 N–H and O–H groups in total. The maximum absolute atomic E-state index is 11.7. The first-order valence-electron chi connectivity index (χ1n) is 5.81. The zero-order valence-electron chi connectivity index (χ0n) is 10.3. The first-order valence-corrected chi connectivity index (χ1v) is 8.45. The quantitative estimate of drug-likeness (QED) is 0.826. The average Bonchev–Trinajstić information content (AvgIpc) is 2.59. The molecule has 4 nitrogen and oxygen atoms in total. The molecule has 0 spiro atoms. The third-order valence-corrected chi connectivity index (χ3v) is 5.32. The molecule has 0 amide bonds. The Balaban J connectivity index is 2.85. The molecule has 0 aliphatic heterocycles. The van der Waals surface area contributed by atoms with E-state index in [1.807, 2.05) is 13.8 Å². The first-order chi connectivity index (χ1) is 8.02. The van der Waals surface area contributed by atoms with Crippen molar-refractivity contribution >= 4 is 21.2 Å². The van der Waals surface area contributed by atoms with Crippen LogP contribution in [0.15, 0.2) is 0 Å². The molecule has 0 bridgehead atoms. The molecular formula is C11H19NO3S2. The SMILES string of the molecule is CCCc1nc(CS(=O)(=O)CCC)sc1CO. The fourth-order valence-electron chi connectivity index (χ4n) is 1.63. The van der Waals surface area contributed by atoms with Gasteiger partial charge in [-0.25, -0.2) is 13.4 Å². The van der Waals surface area contributed by atoms with Gasteiger partial charge in [0.05, 0.1) is 22.9 Å². The van der Waals surface area contributed by atoms with E-state index in [0.29, 0.717) is 11.4 Å². The van der Waals surface area contributed by atoms with Crippen LogP contribution in [0.3, 0.4) is 0 Å². The Kier molecular flexibility index (Phi) is 5.55. The van der Waals surface area contributed by atoms with Crippen LogP contribution < -0.4 is 0 Å². The molecule has 0 aliphatic rings. The van der Waals surface area contributed by atoms with Crippen LogP contribution in [0.2, 0.25) is 0 Å². The van der Waals surface area contributed by atoms with E-state index in [9.17, 15) is 13.5 Å². The van der Waals surface area contributed by atoms with Crippen molar-refractivity contribution in [2.24, 2.45) is 0 Å². The van der Waals surface area contributed by atoms with E-state index < -0.39 is 9.84 Å². The molecule has 0 saturated carbocycles. The highest BCUT2D eigenvalue weighted by Gasteiger charge is 2.16. The molecule has 1 heterocycles. The topological polar surface area (TPSA) is 67.3 Å². The summed E-state index contributed by atoms with van der Waals surface area (Å²) in [5.74, 6) is 0.201. The number of aliphatic hydroxyl groups excluding tert-OH is 1. The zero-order chi connectivity index (χ0) is 12.9. The zero-order valence-corrected chi connectivity index (χ0v) is 11.9. The van der Waals surface area contributed by atoms with E-state index in [-0.39, 0.29) is 18.1 Å². The Hall–Kier alpha value is -0.460. The number of hydrogen-bond donors (Lipinski definition) is 1. The Morgan fingerprint density at radius 3 is 2.53 bits per heavy atom. The molecule has 6 heteroatoms. The average molecular weight is 277 g/mol. The second-order valence-electron chi connectivity index (χ2n) is 3.98. The van der Waals surface area contributed by atoms with Gasteiger partial charge in [0.25, 0.3) is 0 Å². The fourth-order valence-corrected chi connectivity index (χ4v) is 4.38. The first kappa shape index (κ1) is 14.6. The van der Waals surface area contributed by atoms with Crippen molar-refractivity contribution in [1.29, 1.82) is 0 Å². The molecule has 1 aromatic rings. The van der Waals surface area contributed by atoms with Gasteiger partial charge in [0.15, 0.2) is 9.84 Å². The monoisotopic (exact) mass is 277 g/mol. The van der Waals surface area contributed by atoms with Crippen LogP contribution in [0, 0.1) is 0 Å². The summed E-state index contributed by atoms with van der Waals surface area (Å²) in [6.07, 6.45) is 2.36. The molecule has 17 heavy (non-hydrogen) atoms. The third-order valence-electron chi connectivity index (χ3n) is 2.31. The summed E-state index contributed by atoms with van der Waals surface area (Å²) in [6.45, 7) is 3.83. The Morgan fingerprint density at radius 1 is 1.29 bits per heavy atom. The number of rotatable bonds is 7. The van der Waals surface area contributed by atoms with E-state index in [1.54, 1.807) is 0 Å². The number of aromatic nitrogens is 1. The maximum Gasteiger partial charge on any atom is 0.156 e. The molecule has 0 unspecified atom stereocenters. The second kappa shape index (κ2) is 6.47. The van der Waals surface area contributed by atoms with Crippen molar-refractivity contribution in [2.45, 2.75) is 45.5 Å². The second-order valence-corrected chi connectivity index (χ2v) is 7.33. The highest BCUT2D eigenvalue weighted by Crippen LogP contribution is 2.22. The number of thiazole rings is 1. The van der Waals surface area contributed by atoms with Crippen LogP contribution in [0.1, 0.15) is 42.3 Å². The molecule has 0 aliphatic carbocycles. The minimum atomic E-state index is -3.05. The van der Waals surface area contributed by atoms with Crippen molar-refractivity contribution in [3.63, 3.8) is 0 Å². The predicted octanol–water partition coefficient (Wildman–Crippen LogP) is 1.91. The van der Waals surface area contributed by atoms with E-state index in [4.69, 9.17) is 0 Å². The molecule has 0 fully saturated rings. The summed E-state index contributed by atoms with van der Waals surface area (Å²) in [7, 11) is -3.05. The van der Waals surface area contributed by atoms with Crippen LogP contribution >= 0.6 is 11.3 Å². The van der Waals surface area contributed by atoms with Crippen molar-refractivity contribution in [2.75, 3.05) is 5.75 Å². The highest BCUT2D eigenvalue weighted by atomic mass is 32.2. The molecule has 0 atom stereocenters. The molecule has 0 saturated heterocycles. The van der Waals surface area contributed by atoms with Crippen molar-refractivity contribution in [3.8, 4) is 0 Å². The van der Waals surface area contributed by atoms with E-state index in [1.165, 1.54) is 11.3 Å². The fraction of sp³-hybridized carbons (Fsp3) is 0.727. The number of aryl methyl sites for hydroxylation is 1. The number of hydrogen-bond acceptors (Lipinski definition) is 5. The lowest BCUT2D eigenvalue weighted by Gasteiger charge is -1.98. The van der Waals surface area contributed by atoms with Crippen LogP contribution in [0.4, 0.5) is 0 Å². The van der Waals surface area contributed by atoms with E-state index in [2.05, 4.69) is 4.98 Å². The van der Waals surface area contributed by atoms with Crippen LogP contribution in [0.5, 0.6) is 0 Å². The third kappa shape index (κ3) is 4.37. The summed E-state index contributed by atoms with van der Waals surface area (Å²) in [5, 5.41) is 9.78. The Bertz CT molecular complexity index is 451. The standard InChI is InChI=1S/C11H19NO3S2/c1-3-5-9-10(7-13)16-11(12-9)8-17(14,15)6-4-2/h13H,3-8H2,1-2H3. The van der Waals surface area contributed by atoms with Crippen molar-refractivity contribution < 1.29 is 13.5 Å². The van der Waals surface area contributed by atoms with Gasteiger partial charge in [-0.1, -0.05) is 20.3 Å². The van der Waals surface area contributed by atoms with Crippen molar-refractivity contribution in [3.05, 3.63) is 15.6 Å². The van der Waals surface area contributed by atoms with Gasteiger partial charge in [-0.2, -0.15) is 0 Å². The van der Waals surface area contributed by atoms with Gasteiger partial charge >= 0.3 is 0 Å². The molecule has 0 aromatic carbocycles. The molecule has 0 radical (unpaired) electrons. The minimum Gasteiger partial charge on any atom is -0.391 e. The van der Waals surface area contributed by atoms with Gasteiger partial charge < -0.3 is 5.11 Å². The lowest BCUT2D eigenvalue weighted by Crippen LogP contribution is -2.08. The van der Waals surface area contributed by atoms with Gasteiger partial charge in [0.1, 0.15) is 10.8 Å². The van der Waals surface area contributed by atoms with Gasteiger partial charge in [-0.05, 0) is 12.8 Å². The minimum absolute atomic E-state index is 0.00220. The Labute approximate surface area is 107 Å². The molecular weight excluding hydrogens is 258 g/mol. The smallest absolute Gasteiger partial charge is 0.156 e. The van der Waals surface area contributed by atoms with Crippen LogP contribution in [-0.2, 0) is 28.6 Å². The van der Waals surface area contributed by atoms with Gasteiger partial charge in [0.2, 0.25) is 0 Å². The number of aliphatic hydroxyl groups is 1. The lowest BCUT2D eigenvalue weighted by atomic mass is 10.2. The van der Waals surface area contributed by atoms with E-state index in [0.717, 1.165) is 23.4 Å². The molecule has 98 valence electrons. The summed E-state index contributed by atoms with van der Waals surface area (Å²) in [6, 6.07) is 0. The summed E-state index contributed by atoms with van der Waals surface area (Å²) < 4.78 is 23.3. The maximum atomic E-state index is 11.7. The largest absolute Gasteiger partial charge is 0.391 e. The van der Waals surface area contributed by atoms with Gasteiger partial charge in [-0.3, -0.25) is 0 Å². The van der Waals surface area contributed by atoms with Crippen molar-refractivity contribution in [1.82, 2.24) is 4.98 Å². The van der Waals surface area contributed by atoms with Crippen LogP contribution in [-0.4, -0.2) is 24.3 Å². The normalized spacial score (nSPS) is 11.9. The van der Waals surface area contributed by atoms with Crippen LogP contribution in [0.25, 0.3) is 0 Å².